The Kier molecular flexibility index (Phi) is 9.49. The Morgan fingerprint density at radius 2 is 1.31 bits per heavy atom. The second-order valence-corrected chi connectivity index (χ2v) is 19.4. The molecule has 0 N–H and O–H groups in total. The van der Waals surface area contributed by atoms with Crippen LogP contribution in [-0.4, -0.2) is 4.98 Å². The minimum Gasteiger partial charge on any atom is -0.294 e. The summed E-state index contributed by atoms with van der Waals surface area (Å²) in [5.41, 5.74) is 22.0. The average Bonchev–Trinajstić information content (AvgIpc) is 3.86. The summed E-state index contributed by atoms with van der Waals surface area (Å²) < 4.78 is 0. The van der Waals surface area contributed by atoms with Crippen molar-refractivity contribution in [2.24, 2.45) is 0 Å². The summed E-state index contributed by atoms with van der Waals surface area (Å²) in [6, 6.07) is 62.4. The topological polar surface area (TPSA) is 16.1 Å². The van der Waals surface area contributed by atoms with Crippen LogP contribution in [0.1, 0.15) is 97.9 Å². The van der Waals surface area contributed by atoms with Gasteiger partial charge >= 0.3 is 0 Å². The molecular formula is C65H54N2. The number of nitrogens with zero attached hydrogens (tertiary/aromatic N) is 2. The summed E-state index contributed by atoms with van der Waals surface area (Å²) in [7, 11) is 0. The fourth-order valence-electron chi connectivity index (χ4n) is 12.2. The molecule has 2 aliphatic carbocycles. The second-order valence-electron chi connectivity index (χ2n) is 19.4. The highest BCUT2D eigenvalue weighted by Gasteiger charge is 2.42. The van der Waals surface area contributed by atoms with Crippen LogP contribution in [0.3, 0.4) is 0 Å². The fourth-order valence-corrected chi connectivity index (χ4v) is 12.2. The molecule has 2 nitrogen and oxygen atoms in total. The van der Waals surface area contributed by atoms with Gasteiger partial charge in [0.15, 0.2) is 0 Å². The highest BCUT2D eigenvalue weighted by atomic mass is 15.2. The molecule has 0 fully saturated rings. The summed E-state index contributed by atoms with van der Waals surface area (Å²) in [4.78, 5) is 7.23. The van der Waals surface area contributed by atoms with Crippen molar-refractivity contribution in [1.82, 2.24) is 4.98 Å². The molecule has 2 heteroatoms. The van der Waals surface area contributed by atoms with Crippen molar-refractivity contribution >= 4 is 44.3 Å². The van der Waals surface area contributed by atoms with Crippen LogP contribution in [0.2, 0.25) is 0 Å². The zero-order valence-electron chi connectivity index (χ0n) is 39.1. The predicted octanol–water partition coefficient (Wildman–Crippen LogP) is 17.6. The van der Waals surface area contributed by atoms with Gasteiger partial charge in [-0.1, -0.05) is 168 Å². The predicted molar refractivity (Wildman–Crippen MR) is 284 cm³/mol. The normalized spacial score (nSPS) is 16.1. The Bertz CT molecular complexity index is 3560. The zero-order chi connectivity index (χ0) is 45.6. The van der Waals surface area contributed by atoms with Crippen LogP contribution in [0.4, 0.5) is 17.2 Å². The number of hydrogen-bond donors (Lipinski definition) is 0. The van der Waals surface area contributed by atoms with E-state index in [0.717, 1.165) is 30.0 Å². The Balaban J connectivity index is 0.960. The van der Waals surface area contributed by atoms with Crippen LogP contribution in [0, 0.1) is 0 Å². The number of allylic oxidation sites excluding steroid dienone is 5. The lowest BCUT2D eigenvalue weighted by atomic mass is 9.72. The Hall–Kier alpha value is -7.55. The first kappa shape index (κ1) is 40.9. The third kappa shape index (κ3) is 6.12. The summed E-state index contributed by atoms with van der Waals surface area (Å²) in [5.74, 6) is 1.05. The molecule has 0 radical (unpaired) electrons. The van der Waals surface area contributed by atoms with Gasteiger partial charge in [-0.25, -0.2) is 4.98 Å². The molecule has 9 aromatic rings. The fraction of sp³-hybridized carbons (Fsp3) is 0.154. The van der Waals surface area contributed by atoms with E-state index < -0.39 is 0 Å². The minimum atomic E-state index is -0.284. The van der Waals surface area contributed by atoms with Crippen molar-refractivity contribution in [1.29, 1.82) is 0 Å². The minimum absolute atomic E-state index is 0.0535. The van der Waals surface area contributed by atoms with Gasteiger partial charge in [0.2, 0.25) is 0 Å². The van der Waals surface area contributed by atoms with E-state index in [1.165, 1.54) is 105 Å². The van der Waals surface area contributed by atoms with Gasteiger partial charge < -0.3 is 0 Å². The number of pyridine rings is 1. The van der Waals surface area contributed by atoms with Crippen molar-refractivity contribution in [3.05, 3.63) is 245 Å². The van der Waals surface area contributed by atoms with E-state index in [1.807, 2.05) is 24.4 Å². The first-order valence-corrected chi connectivity index (χ1v) is 24.0. The smallest absolute Gasteiger partial charge is 0.137 e. The van der Waals surface area contributed by atoms with E-state index in [2.05, 4.69) is 216 Å². The van der Waals surface area contributed by atoms with E-state index in [4.69, 9.17) is 4.98 Å². The van der Waals surface area contributed by atoms with Crippen LogP contribution >= 0.6 is 0 Å². The number of fused-ring (bicyclic) bond motifs is 11. The van der Waals surface area contributed by atoms with Gasteiger partial charge in [0.1, 0.15) is 5.82 Å². The summed E-state index contributed by atoms with van der Waals surface area (Å²) >= 11 is 0. The molecule has 1 aromatic heterocycles. The van der Waals surface area contributed by atoms with Crippen LogP contribution in [0.25, 0.3) is 60.5 Å². The Morgan fingerprint density at radius 3 is 2.12 bits per heavy atom. The lowest BCUT2D eigenvalue weighted by molar-refractivity contribution is 0.490. The van der Waals surface area contributed by atoms with Gasteiger partial charge in [-0.2, -0.15) is 0 Å². The molecule has 0 saturated heterocycles. The maximum atomic E-state index is 4.89. The third-order valence-corrected chi connectivity index (χ3v) is 15.8. The van der Waals surface area contributed by atoms with Crippen LogP contribution in [0.15, 0.2) is 201 Å². The molecule has 324 valence electrons. The molecule has 1 aliphatic heterocycles. The lowest BCUT2D eigenvalue weighted by Gasteiger charge is -2.42. The first-order chi connectivity index (χ1) is 32.7. The highest BCUT2D eigenvalue weighted by molar-refractivity contribution is 6.08. The largest absolute Gasteiger partial charge is 0.294 e. The van der Waals surface area contributed by atoms with Gasteiger partial charge in [-0.3, -0.25) is 4.90 Å². The van der Waals surface area contributed by atoms with Gasteiger partial charge in [0.05, 0.1) is 11.4 Å². The monoisotopic (exact) mass is 862 g/mol. The van der Waals surface area contributed by atoms with E-state index in [1.54, 1.807) is 0 Å². The number of anilines is 3. The van der Waals surface area contributed by atoms with Crippen molar-refractivity contribution in [2.45, 2.75) is 64.2 Å². The molecule has 0 saturated carbocycles. The second kappa shape index (κ2) is 15.5. The molecule has 0 bridgehead atoms. The van der Waals surface area contributed by atoms with Crippen molar-refractivity contribution in [3.8, 4) is 33.4 Å². The van der Waals surface area contributed by atoms with E-state index in [-0.39, 0.29) is 16.7 Å². The molecule has 0 spiro atoms. The number of rotatable bonds is 8. The van der Waals surface area contributed by atoms with Crippen molar-refractivity contribution in [2.75, 3.05) is 4.90 Å². The van der Waals surface area contributed by atoms with E-state index in [0.29, 0.717) is 0 Å². The summed E-state index contributed by atoms with van der Waals surface area (Å²) in [6.07, 6.45) is 12.1. The molecule has 2 heterocycles. The molecule has 12 rings (SSSR count). The van der Waals surface area contributed by atoms with Crippen molar-refractivity contribution in [3.63, 3.8) is 0 Å². The number of hydrogen-bond acceptors (Lipinski definition) is 2. The average molecular weight is 863 g/mol. The standard InChI is InChI=1S/C65H54N2/c1-7-10-11-18-41(4)42-28-32-59-57(39-42)64(5,6)58-40-45(29-33-60(58)67(59)61-23-16-17-34-66-61)44-26-30-51-54(37-44)49-19-12-13-20-50(49)62(51)47-25-24-43-35-46-27-31-56-63(53(46)38-48(43)36-47)52-21-14-15-22-55(52)65(56,8-2)9-3/h7,10-40,62H,1,8-9H2,2-6H3/b11-10-,41-18+. The highest BCUT2D eigenvalue weighted by Crippen LogP contribution is 2.57. The molecular weight excluding hydrogens is 809 g/mol. The molecule has 8 aromatic carbocycles. The number of benzene rings is 8. The van der Waals surface area contributed by atoms with Crippen molar-refractivity contribution < 1.29 is 0 Å². The SMILES string of the molecule is C=C/C=C\C=C(/C)c1ccc2c(c1)C(C)(C)c1cc(-c3ccc4c(c3)-c3ccccc3C4c3ccc4cc5ccc6c(c5cc4c3)-c3ccccc3C6(CC)CC)ccc1N2c1ccccn1. The summed E-state index contributed by atoms with van der Waals surface area (Å²) in [6.45, 7) is 15.5. The van der Waals surface area contributed by atoms with Gasteiger partial charge in [0.25, 0.3) is 0 Å². The van der Waals surface area contributed by atoms with Gasteiger partial charge in [-0.15, -0.1) is 0 Å². The summed E-state index contributed by atoms with van der Waals surface area (Å²) in [5, 5.41) is 5.25. The zero-order valence-corrected chi connectivity index (χ0v) is 39.1. The van der Waals surface area contributed by atoms with Crippen LogP contribution in [-0.2, 0) is 10.8 Å². The Morgan fingerprint density at radius 1 is 0.597 bits per heavy atom. The molecule has 3 aliphatic rings. The van der Waals surface area contributed by atoms with E-state index >= 15 is 0 Å². The number of aromatic nitrogens is 1. The molecule has 67 heavy (non-hydrogen) atoms. The Labute approximate surface area is 395 Å². The maximum Gasteiger partial charge on any atom is 0.137 e. The first-order valence-electron chi connectivity index (χ1n) is 24.0. The molecule has 1 unspecified atom stereocenters. The molecule has 0 amide bonds. The van der Waals surface area contributed by atoms with Gasteiger partial charge in [0, 0.05) is 22.9 Å². The third-order valence-electron chi connectivity index (χ3n) is 15.8. The van der Waals surface area contributed by atoms with E-state index in [9.17, 15) is 0 Å². The maximum absolute atomic E-state index is 4.89. The van der Waals surface area contributed by atoms with Gasteiger partial charge in [-0.05, 0) is 179 Å². The van der Waals surface area contributed by atoms with Crippen LogP contribution < -0.4 is 4.90 Å². The lowest BCUT2D eigenvalue weighted by Crippen LogP contribution is -2.31. The quantitative estimate of drug-likeness (QED) is 0.112. The van der Waals surface area contributed by atoms with Crippen LogP contribution in [0.5, 0.6) is 0 Å². The molecule has 1 atom stereocenters.